The van der Waals surface area contributed by atoms with Crippen LogP contribution in [0.4, 0.5) is 0 Å². The van der Waals surface area contributed by atoms with Gasteiger partial charge in [0, 0.05) is 26.8 Å². The molecule has 6 nitrogen and oxygen atoms in total. The van der Waals surface area contributed by atoms with Gasteiger partial charge >= 0.3 is 0 Å². The zero-order valence-corrected chi connectivity index (χ0v) is 11.7. The summed E-state index contributed by atoms with van der Waals surface area (Å²) in [6.45, 7) is 2.43. The summed E-state index contributed by atoms with van der Waals surface area (Å²) in [5, 5.41) is 8.70. The summed E-state index contributed by atoms with van der Waals surface area (Å²) in [5.74, 6) is 0.0247. The van der Waals surface area contributed by atoms with Crippen LogP contribution in [0.3, 0.4) is 0 Å². The highest BCUT2D eigenvalue weighted by Gasteiger charge is 2.26. The second-order valence-electron chi connectivity index (χ2n) is 4.86. The molecule has 1 atom stereocenters. The number of aliphatic hydroxyl groups is 1. The second kappa shape index (κ2) is 9.25. The van der Waals surface area contributed by atoms with E-state index in [0.717, 1.165) is 19.3 Å². The molecule has 0 aromatic heterocycles. The van der Waals surface area contributed by atoms with Crippen LogP contribution < -0.4 is 5.73 Å². The van der Waals surface area contributed by atoms with Crippen molar-refractivity contribution >= 4 is 5.91 Å². The molecule has 0 bridgehead atoms. The van der Waals surface area contributed by atoms with Crippen molar-refractivity contribution in [2.24, 2.45) is 5.73 Å². The molecule has 1 aliphatic heterocycles. The molecule has 1 unspecified atom stereocenters. The first-order chi connectivity index (χ1) is 9.19. The van der Waals surface area contributed by atoms with Gasteiger partial charge in [-0.15, -0.1) is 0 Å². The zero-order valence-electron chi connectivity index (χ0n) is 11.7. The number of amides is 1. The highest BCUT2D eigenvalue weighted by molar-refractivity contribution is 5.81. The Labute approximate surface area is 114 Å². The fourth-order valence-electron chi connectivity index (χ4n) is 2.27. The van der Waals surface area contributed by atoms with Gasteiger partial charge in [0.25, 0.3) is 0 Å². The Morgan fingerprint density at radius 1 is 1.42 bits per heavy atom. The van der Waals surface area contributed by atoms with Gasteiger partial charge in [-0.3, -0.25) is 4.79 Å². The van der Waals surface area contributed by atoms with E-state index in [-0.39, 0.29) is 18.6 Å². The molecule has 1 aliphatic rings. The molecule has 3 N–H and O–H groups in total. The van der Waals surface area contributed by atoms with Crippen LogP contribution in [0, 0.1) is 0 Å². The van der Waals surface area contributed by atoms with Crippen molar-refractivity contribution < 1.29 is 19.4 Å². The first kappa shape index (κ1) is 16.4. The minimum Gasteiger partial charge on any atom is -0.394 e. The molecule has 0 aliphatic carbocycles. The molecule has 112 valence electrons. The summed E-state index contributed by atoms with van der Waals surface area (Å²) in [4.78, 5) is 13.9. The Balaban J connectivity index is 2.24. The minimum atomic E-state index is -0.426. The van der Waals surface area contributed by atoms with E-state index in [1.807, 2.05) is 4.90 Å². The quantitative estimate of drug-likeness (QED) is 0.596. The smallest absolute Gasteiger partial charge is 0.239 e. The largest absolute Gasteiger partial charge is 0.394 e. The number of methoxy groups -OCH3 is 1. The summed E-state index contributed by atoms with van der Waals surface area (Å²) < 4.78 is 10.4. The van der Waals surface area contributed by atoms with Gasteiger partial charge in [-0.2, -0.15) is 0 Å². The summed E-state index contributed by atoms with van der Waals surface area (Å²) >= 11 is 0. The number of nitrogens with zero attached hydrogens (tertiary/aromatic N) is 1. The van der Waals surface area contributed by atoms with Crippen molar-refractivity contribution in [3.05, 3.63) is 0 Å². The predicted molar refractivity (Wildman–Crippen MR) is 71.7 cm³/mol. The molecule has 19 heavy (non-hydrogen) atoms. The van der Waals surface area contributed by atoms with Crippen LogP contribution in [0.1, 0.15) is 25.7 Å². The fourth-order valence-corrected chi connectivity index (χ4v) is 2.27. The summed E-state index contributed by atoms with van der Waals surface area (Å²) in [6, 6.07) is -0.426. The average Bonchev–Trinajstić information content (AvgIpc) is 2.45. The number of aliphatic hydroxyl groups excluding tert-OH is 1. The Morgan fingerprint density at radius 3 is 2.68 bits per heavy atom. The zero-order chi connectivity index (χ0) is 14.1. The van der Waals surface area contributed by atoms with E-state index in [1.165, 1.54) is 0 Å². The summed E-state index contributed by atoms with van der Waals surface area (Å²) in [6.07, 6.45) is 3.25. The van der Waals surface area contributed by atoms with Crippen LogP contribution >= 0.6 is 0 Å². The van der Waals surface area contributed by atoms with Gasteiger partial charge in [-0.1, -0.05) is 0 Å². The van der Waals surface area contributed by atoms with Crippen molar-refractivity contribution in [3.63, 3.8) is 0 Å². The normalized spacial score (nSPS) is 18.6. The Kier molecular flexibility index (Phi) is 7.97. The van der Waals surface area contributed by atoms with Crippen molar-refractivity contribution in [2.45, 2.75) is 37.8 Å². The number of rotatable bonds is 8. The molecule has 0 aromatic rings. The molecular weight excluding hydrogens is 248 g/mol. The van der Waals surface area contributed by atoms with E-state index in [4.69, 9.17) is 20.3 Å². The van der Waals surface area contributed by atoms with E-state index >= 15 is 0 Å². The molecule has 1 fully saturated rings. The van der Waals surface area contributed by atoms with E-state index in [9.17, 15) is 4.79 Å². The monoisotopic (exact) mass is 274 g/mol. The van der Waals surface area contributed by atoms with Crippen molar-refractivity contribution in [1.82, 2.24) is 4.90 Å². The Bertz CT molecular complexity index is 255. The lowest BCUT2D eigenvalue weighted by atomic mass is 10.1. The number of piperidine rings is 1. The maximum atomic E-state index is 12.1. The predicted octanol–water partition coefficient (Wildman–Crippen LogP) is -0.260. The van der Waals surface area contributed by atoms with Gasteiger partial charge in [0.15, 0.2) is 0 Å². The topological polar surface area (TPSA) is 85.0 Å². The number of nitrogens with two attached hydrogens (primary N) is 1. The van der Waals surface area contributed by atoms with Crippen LogP contribution in [0.5, 0.6) is 0 Å². The number of carbonyl (C=O) groups excluding carboxylic acids is 1. The molecule has 0 spiro atoms. The van der Waals surface area contributed by atoms with Gasteiger partial charge < -0.3 is 25.2 Å². The van der Waals surface area contributed by atoms with Crippen LogP contribution in [0.15, 0.2) is 0 Å². The first-order valence-electron chi connectivity index (χ1n) is 6.94. The number of hydrogen-bond acceptors (Lipinski definition) is 5. The molecular formula is C13H26N2O4. The summed E-state index contributed by atoms with van der Waals surface area (Å²) in [7, 11) is 1.64. The number of carbonyl (C=O) groups is 1. The van der Waals surface area contributed by atoms with E-state index in [2.05, 4.69) is 0 Å². The molecule has 1 amide bonds. The maximum Gasteiger partial charge on any atom is 0.239 e. The molecule has 0 aromatic carbocycles. The van der Waals surface area contributed by atoms with Gasteiger partial charge in [0.05, 0.1) is 25.4 Å². The van der Waals surface area contributed by atoms with Crippen LogP contribution in [-0.2, 0) is 14.3 Å². The second-order valence-corrected chi connectivity index (χ2v) is 4.86. The summed E-state index contributed by atoms with van der Waals surface area (Å²) in [5.41, 5.74) is 5.89. The molecule has 6 heteroatoms. The van der Waals surface area contributed by atoms with Crippen LogP contribution in [0.2, 0.25) is 0 Å². The Morgan fingerprint density at radius 2 is 2.11 bits per heavy atom. The Hall–Kier alpha value is -0.690. The van der Waals surface area contributed by atoms with Crippen molar-refractivity contribution in [2.75, 3.05) is 40.0 Å². The highest BCUT2D eigenvalue weighted by atomic mass is 16.5. The third-order valence-electron chi connectivity index (χ3n) is 3.38. The number of ether oxygens (including phenoxy) is 2. The van der Waals surface area contributed by atoms with E-state index < -0.39 is 6.04 Å². The van der Waals surface area contributed by atoms with Crippen LogP contribution in [0.25, 0.3) is 0 Å². The van der Waals surface area contributed by atoms with Crippen molar-refractivity contribution in [3.8, 4) is 0 Å². The maximum absolute atomic E-state index is 12.1. The van der Waals surface area contributed by atoms with Crippen molar-refractivity contribution in [1.29, 1.82) is 0 Å². The van der Waals surface area contributed by atoms with Gasteiger partial charge in [0.2, 0.25) is 5.91 Å². The molecule has 1 heterocycles. The fraction of sp³-hybridized carbons (Fsp3) is 0.923. The number of hydrogen-bond donors (Lipinski definition) is 2. The van der Waals surface area contributed by atoms with E-state index in [0.29, 0.717) is 32.7 Å². The molecule has 1 rings (SSSR count). The third kappa shape index (κ3) is 5.86. The lowest BCUT2D eigenvalue weighted by Gasteiger charge is -2.33. The molecule has 0 saturated carbocycles. The average molecular weight is 274 g/mol. The molecule has 1 saturated heterocycles. The van der Waals surface area contributed by atoms with E-state index in [1.54, 1.807) is 7.11 Å². The lowest BCUT2D eigenvalue weighted by molar-refractivity contribution is -0.135. The molecule has 0 radical (unpaired) electrons. The SMILES string of the molecule is COCCCC(N)C(=O)N1CCC(OCCO)CC1. The van der Waals surface area contributed by atoms with Gasteiger partial charge in [0.1, 0.15) is 0 Å². The first-order valence-corrected chi connectivity index (χ1v) is 6.94. The number of likely N-dealkylation sites (tertiary alicyclic amines) is 1. The third-order valence-corrected chi connectivity index (χ3v) is 3.38. The standard InChI is InChI=1S/C13H26N2O4/c1-18-9-2-3-12(14)13(17)15-6-4-11(5-7-15)19-10-8-16/h11-12,16H,2-10,14H2,1H3. The van der Waals surface area contributed by atoms with Gasteiger partial charge in [-0.25, -0.2) is 0 Å². The highest BCUT2D eigenvalue weighted by Crippen LogP contribution is 2.15. The van der Waals surface area contributed by atoms with Gasteiger partial charge in [-0.05, 0) is 25.7 Å². The van der Waals surface area contributed by atoms with Crippen LogP contribution in [-0.4, -0.2) is 68.1 Å². The lowest BCUT2D eigenvalue weighted by Crippen LogP contribution is -2.48. The minimum absolute atomic E-state index is 0.0247.